The number of amides is 1. The van der Waals surface area contributed by atoms with Crippen molar-refractivity contribution in [3.8, 4) is 17.2 Å². The maximum Gasteiger partial charge on any atom is 0.245 e. The number of morpholine rings is 1. The van der Waals surface area contributed by atoms with Crippen molar-refractivity contribution < 1.29 is 38.4 Å². The molecule has 2 saturated heterocycles. The van der Waals surface area contributed by atoms with Gasteiger partial charge in [0, 0.05) is 57.0 Å². The highest BCUT2D eigenvalue weighted by molar-refractivity contribution is 6.10. The summed E-state index contributed by atoms with van der Waals surface area (Å²) >= 11 is 0. The van der Waals surface area contributed by atoms with Crippen molar-refractivity contribution in [1.82, 2.24) is 9.80 Å². The van der Waals surface area contributed by atoms with Gasteiger partial charge in [0.1, 0.15) is 28.4 Å². The molecule has 3 unspecified atom stereocenters. The zero-order valence-corrected chi connectivity index (χ0v) is 32.8. The van der Waals surface area contributed by atoms with Gasteiger partial charge in [0.2, 0.25) is 5.91 Å². The van der Waals surface area contributed by atoms with Crippen LogP contribution in [0.25, 0.3) is 6.08 Å². The van der Waals surface area contributed by atoms with Crippen molar-refractivity contribution in [1.29, 1.82) is 0 Å². The van der Waals surface area contributed by atoms with E-state index in [-0.39, 0.29) is 46.9 Å². The Kier molecular flexibility index (Phi) is 9.39. The molecule has 5 fully saturated rings. The van der Waals surface area contributed by atoms with Crippen LogP contribution in [0.3, 0.4) is 0 Å². The summed E-state index contributed by atoms with van der Waals surface area (Å²) < 4.78 is 27.2. The Bertz CT molecular complexity index is 1840. The van der Waals surface area contributed by atoms with E-state index < -0.39 is 40.3 Å². The maximum absolute atomic E-state index is 15.6. The fraction of sp³-hybridized carbons (Fsp3) is 0.605. The number of hydrogen-bond acceptors (Lipinski definition) is 9. The molecule has 0 aromatic heterocycles. The Hall–Kier alpha value is -3.73. The van der Waals surface area contributed by atoms with E-state index in [0.717, 1.165) is 12.0 Å². The number of allylic oxidation sites excluding steroid dienone is 4. The Morgan fingerprint density at radius 2 is 1.72 bits per heavy atom. The Morgan fingerprint density at radius 3 is 2.38 bits per heavy atom. The van der Waals surface area contributed by atoms with Crippen LogP contribution >= 0.6 is 0 Å². The monoisotopic (exact) mass is 728 g/mol. The summed E-state index contributed by atoms with van der Waals surface area (Å²) in [5.74, 6) is -1.62. The summed E-state index contributed by atoms with van der Waals surface area (Å²) in [7, 11) is 3.35. The highest BCUT2D eigenvalue weighted by atomic mass is 16.6. The van der Waals surface area contributed by atoms with Crippen LogP contribution in [0, 0.1) is 17.8 Å². The van der Waals surface area contributed by atoms with E-state index >= 15 is 9.59 Å². The van der Waals surface area contributed by atoms with E-state index in [9.17, 15) is 9.90 Å². The van der Waals surface area contributed by atoms with Gasteiger partial charge in [0.05, 0.1) is 30.3 Å². The van der Waals surface area contributed by atoms with Crippen LogP contribution in [0.2, 0.25) is 0 Å². The molecule has 1 N–H and O–H groups in total. The van der Waals surface area contributed by atoms with E-state index in [1.807, 2.05) is 46.8 Å². The molecule has 4 aliphatic heterocycles. The number of hydrogen-bond donors (Lipinski definition) is 1. The second kappa shape index (κ2) is 13.2. The number of nitrogens with zero attached hydrogens (tertiary/aromatic N) is 2. The summed E-state index contributed by atoms with van der Waals surface area (Å²) in [6.07, 6.45) is 13.8. The van der Waals surface area contributed by atoms with Gasteiger partial charge in [-0.15, -0.1) is 0 Å². The number of ketones is 2. The standard InChI is InChI=1S/C43H56N2O8/c1-25(2)12-10-17-41(7)19-16-27-35(47)32-36(48)33-34(45-20-22-50-23-21-45)29-24-30-40(5,6)53-42(39(29)49,18-11-13-31(46)44(8)9)43(30,33)52-38(32)28(37(27)51-41)15-14-26(3)4/h11-14,16,19,29-30,33-34,47H,10,15,17-18,20-24H2,1-9H3/b13-11+/t29-,30?,33?,34?,41+,42-,43-/m0/s1. The van der Waals surface area contributed by atoms with Crippen LogP contribution in [0.5, 0.6) is 17.2 Å². The number of phenolic OH excluding ortho intramolecular Hbond substituents is 1. The molecule has 1 spiro atoms. The predicted molar refractivity (Wildman–Crippen MR) is 202 cm³/mol. The fourth-order valence-corrected chi connectivity index (χ4v) is 10.2. The average Bonchev–Trinajstić information content (AvgIpc) is 3.23. The Morgan fingerprint density at radius 1 is 1.02 bits per heavy atom. The molecule has 4 heterocycles. The summed E-state index contributed by atoms with van der Waals surface area (Å²) in [6.45, 7) is 16.3. The van der Waals surface area contributed by atoms with Gasteiger partial charge in [-0.2, -0.15) is 0 Å². The quantitative estimate of drug-likeness (QED) is 0.233. The molecule has 1 aromatic rings. The molecule has 3 aliphatic carbocycles. The van der Waals surface area contributed by atoms with Gasteiger partial charge in [0.15, 0.2) is 22.8 Å². The lowest BCUT2D eigenvalue weighted by molar-refractivity contribution is -0.215. The van der Waals surface area contributed by atoms with Crippen molar-refractivity contribution in [2.45, 2.75) is 109 Å². The fourth-order valence-electron chi connectivity index (χ4n) is 10.2. The number of likely N-dealkylation sites (N-methyl/N-ethyl adjacent to an activating group) is 1. The van der Waals surface area contributed by atoms with Crippen LogP contribution in [-0.2, 0) is 25.5 Å². The molecular formula is C43H56N2O8. The molecular weight excluding hydrogens is 672 g/mol. The van der Waals surface area contributed by atoms with Crippen molar-refractivity contribution in [2.75, 3.05) is 40.4 Å². The van der Waals surface area contributed by atoms with Crippen LogP contribution in [0.4, 0.5) is 0 Å². The number of fused-ring (bicyclic) bond motifs is 2. The van der Waals surface area contributed by atoms with Crippen molar-refractivity contribution in [3.05, 3.63) is 58.2 Å². The average molecular weight is 729 g/mol. The molecule has 8 rings (SSSR count). The minimum Gasteiger partial charge on any atom is -0.506 e. The predicted octanol–water partition coefficient (Wildman–Crippen LogP) is 6.24. The molecule has 3 saturated carbocycles. The third-order valence-electron chi connectivity index (χ3n) is 12.6. The normalized spacial score (nSPS) is 33.5. The molecule has 53 heavy (non-hydrogen) atoms. The topological polar surface area (TPSA) is 115 Å². The smallest absolute Gasteiger partial charge is 0.245 e. The van der Waals surface area contributed by atoms with Gasteiger partial charge in [-0.1, -0.05) is 29.4 Å². The first-order valence-electron chi connectivity index (χ1n) is 19.2. The minimum atomic E-state index is -1.55. The molecule has 10 nitrogen and oxygen atoms in total. The first-order valence-corrected chi connectivity index (χ1v) is 19.2. The first kappa shape index (κ1) is 37.6. The molecule has 0 radical (unpaired) electrons. The number of benzene rings is 1. The van der Waals surface area contributed by atoms with Crippen molar-refractivity contribution >= 4 is 23.5 Å². The number of Topliss-reactive ketones (excluding diaryl/α,β-unsaturated/α-hetero) is 2. The van der Waals surface area contributed by atoms with E-state index in [4.69, 9.17) is 18.9 Å². The molecule has 1 amide bonds. The summed E-state index contributed by atoms with van der Waals surface area (Å²) in [5, 5.41) is 12.2. The number of phenols is 1. The van der Waals surface area contributed by atoms with Crippen LogP contribution < -0.4 is 9.47 Å². The zero-order chi connectivity index (χ0) is 38.2. The van der Waals surface area contributed by atoms with Gasteiger partial charge in [-0.3, -0.25) is 19.3 Å². The summed E-state index contributed by atoms with van der Waals surface area (Å²) in [4.78, 5) is 47.3. The Balaban J connectivity index is 1.47. The van der Waals surface area contributed by atoms with E-state index in [1.54, 1.807) is 20.2 Å². The van der Waals surface area contributed by atoms with Gasteiger partial charge in [-0.25, -0.2) is 0 Å². The molecule has 286 valence electrons. The maximum atomic E-state index is 15.6. The summed E-state index contributed by atoms with van der Waals surface area (Å²) in [6, 6.07) is -0.469. The van der Waals surface area contributed by atoms with Crippen molar-refractivity contribution in [3.63, 3.8) is 0 Å². The Labute approximate surface area is 313 Å². The molecule has 10 heteroatoms. The van der Waals surface area contributed by atoms with Crippen LogP contribution in [-0.4, -0.2) is 101 Å². The van der Waals surface area contributed by atoms with Gasteiger partial charge < -0.3 is 29.0 Å². The molecule has 4 bridgehead atoms. The lowest BCUT2D eigenvalue weighted by Crippen LogP contribution is -2.82. The number of carbonyl (C=O) groups excluding carboxylic acids is 3. The van der Waals surface area contributed by atoms with E-state index in [2.05, 4.69) is 30.9 Å². The second-order valence-electron chi connectivity index (χ2n) is 17.3. The molecule has 7 aliphatic rings. The van der Waals surface area contributed by atoms with Crippen molar-refractivity contribution in [2.24, 2.45) is 17.8 Å². The van der Waals surface area contributed by atoms with Gasteiger partial charge in [0.25, 0.3) is 0 Å². The van der Waals surface area contributed by atoms with Crippen LogP contribution in [0.15, 0.2) is 41.5 Å². The minimum absolute atomic E-state index is 0.0681. The second-order valence-corrected chi connectivity index (χ2v) is 17.3. The number of ether oxygens (including phenoxy) is 4. The van der Waals surface area contributed by atoms with Gasteiger partial charge in [-0.05, 0) is 92.4 Å². The molecule has 7 atom stereocenters. The number of carbonyl (C=O) groups is 3. The van der Waals surface area contributed by atoms with E-state index in [1.165, 1.54) is 16.5 Å². The number of aromatic hydroxyl groups is 1. The number of rotatable bonds is 9. The van der Waals surface area contributed by atoms with Crippen LogP contribution in [0.1, 0.15) is 95.6 Å². The van der Waals surface area contributed by atoms with Gasteiger partial charge >= 0.3 is 0 Å². The summed E-state index contributed by atoms with van der Waals surface area (Å²) in [5.41, 5.74) is -0.897. The third kappa shape index (κ3) is 5.73. The lowest BCUT2D eigenvalue weighted by Gasteiger charge is -2.64. The largest absolute Gasteiger partial charge is 0.506 e. The van der Waals surface area contributed by atoms with E-state index in [0.29, 0.717) is 62.4 Å². The lowest BCUT2D eigenvalue weighted by atomic mass is 9.44. The highest BCUT2D eigenvalue weighted by Crippen LogP contribution is 2.71. The first-order chi connectivity index (χ1) is 25.0. The third-order valence-corrected chi connectivity index (χ3v) is 12.6. The SMILES string of the molecule is CC(C)=CCC[C@]1(C)C=Cc2c(O)c3c(c(CC=C(C)C)c2O1)O[C@]12C(C3=O)C(N3CCOCC3)[C@@H]3CC1C(C)(C)O[C@@]2(C/C=C/C(=O)N(C)C)C3=O. The zero-order valence-electron chi connectivity index (χ0n) is 32.8. The highest BCUT2D eigenvalue weighted by Gasteiger charge is 2.85. The molecule has 1 aromatic carbocycles.